The van der Waals surface area contributed by atoms with Crippen LogP contribution in [0.2, 0.25) is 0 Å². The molecule has 0 unspecified atom stereocenters. The van der Waals surface area contributed by atoms with Gasteiger partial charge in [-0.15, -0.1) is 0 Å². The Morgan fingerprint density at radius 1 is 1.12 bits per heavy atom. The molecule has 0 bridgehead atoms. The molecule has 3 rings (SSSR count). The molecule has 1 amide bonds. The number of carbonyl (C=O) groups is 1. The summed E-state index contributed by atoms with van der Waals surface area (Å²) in [5.74, 6) is -0.111. The lowest BCUT2D eigenvalue weighted by Gasteiger charge is -2.29. The molecule has 2 aromatic rings. The van der Waals surface area contributed by atoms with Crippen molar-refractivity contribution in [2.75, 3.05) is 29.1 Å². The molecular weight excluding hydrogens is 324 g/mol. The number of fused-ring (bicyclic) bond motifs is 1. The summed E-state index contributed by atoms with van der Waals surface area (Å²) in [6.07, 6.45) is 2.74. The summed E-state index contributed by atoms with van der Waals surface area (Å²) < 4.78 is 25.2. The Labute approximate surface area is 142 Å². The zero-order valence-electron chi connectivity index (χ0n) is 13.8. The van der Waals surface area contributed by atoms with Crippen molar-refractivity contribution in [3.63, 3.8) is 0 Å². The zero-order valence-corrected chi connectivity index (χ0v) is 14.6. The first kappa shape index (κ1) is 16.5. The number of benzene rings is 2. The highest BCUT2D eigenvalue weighted by Gasteiger charge is 2.25. The van der Waals surface area contributed by atoms with E-state index in [-0.39, 0.29) is 5.91 Å². The molecule has 0 saturated heterocycles. The second kappa shape index (κ2) is 6.28. The van der Waals surface area contributed by atoms with Crippen LogP contribution in [0.5, 0.6) is 0 Å². The van der Waals surface area contributed by atoms with E-state index in [2.05, 4.69) is 0 Å². The third kappa shape index (κ3) is 3.14. The van der Waals surface area contributed by atoms with Crippen molar-refractivity contribution in [3.8, 4) is 0 Å². The molecule has 0 N–H and O–H groups in total. The summed E-state index contributed by atoms with van der Waals surface area (Å²) in [7, 11) is -1.56. The van der Waals surface area contributed by atoms with E-state index in [9.17, 15) is 13.2 Å². The van der Waals surface area contributed by atoms with Gasteiger partial charge in [-0.3, -0.25) is 9.10 Å². The zero-order chi connectivity index (χ0) is 17.3. The Bertz CT molecular complexity index is 863. The fourth-order valence-corrected chi connectivity index (χ4v) is 4.00. The van der Waals surface area contributed by atoms with E-state index in [0.717, 1.165) is 24.1 Å². The number of carbonyl (C=O) groups excluding carboxylic acids is 1. The Kier molecular flexibility index (Phi) is 4.32. The van der Waals surface area contributed by atoms with Crippen molar-refractivity contribution in [2.24, 2.45) is 0 Å². The lowest BCUT2D eigenvalue weighted by molar-refractivity contribution is 0.0993. The largest absolute Gasteiger partial charge is 0.311 e. The number of amides is 1. The van der Waals surface area contributed by atoms with E-state index < -0.39 is 10.0 Å². The van der Waals surface area contributed by atoms with Gasteiger partial charge >= 0.3 is 0 Å². The van der Waals surface area contributed by atoms with Gasteiger partial charge in [-0.1, -0.05) is 18.2 Å². The van der Waals surface area contributed by atoms with Crippen molar-refractivity contribution in [1.82, 2.24) is 0 Å². The number of sulfonamides is 1. The second-order valence-electron chi connectivity index (χ2n) is 5.98. The summed E-state index contributed by atoms with van der Waals surface area (Å²) >= 11 is 0. The molecule has 0 spiro atoms. The molecule has 1 aliphatic rings. The molecular formula is C18H20N2O3S. The van der Waals surface area contributed by atoms with Crippen molar-refractivity contribution in [1.29, 1.82) is 0 Å². The number of hydrogen-bond acceptors (Lipinski definition) is 3. The number of nitrogens with zero attached hydrogens (tertiary/aromatic N) is 2. The van der Waals surface area contributed by atoms with Crippen molar-refractivity contribution >= 4 is 27.3 Å². The van der Waals surface area contributed by atoms with Crippen LogP contribution in [-0.2, 0) is 16.4 Å². The Morgan fingerprint density at radius 3 is 2.50 bits per heavy atom. The monoisotopic (exact) mass is 344 g/mol. The quantitative estimate of drug-likeness (QED) is 0.860. The maximum Gasteiger partial charge on any atom is 0.258 e. The lowest BCUT2D eigenvalue weighted by Crippen LogP contribution is -2.35. The van der Waals surface area contributed by atoms with Crippen LogP contribution in [0.25, 0.3) is 0 Å². The number of para-hydroxylation sites is 1. The average Bonchev–Trinajstić information content (AvgIpc) is 2.59. The van der Waals surface area contributed by atoms with Gasteiger partial charge in [0.2, 0.25) is 10.0 Å². The van der Waals surface area contributed by atoms with Gasteiger partial charge in [-0.25, -0.2) is 8.42 Å². The van der Waals surface area contributed by atoms with E-state index in [0.29, 0.717) is 17.8 Å². The maximum absolute atomic E-state index is 12.7. The van der Waals surface area contributed by atoms with Crippen LogP contribution in [-0.4, -0.2) is 34.2 Å². The van der Waals surface area contributed by atoms with Crippen LogP contribution in [0.1, 0.15) is 22.3 Å². The number of aryl methyl sites for hydroxylation is 1. The molecule has 2 aromatic carbocycles. The van der Waals surface area contributed by atoms with E-state index in [1.807, 2.05) is 36.4 Å². The molecule has 0 fully saturated rings. The highest BCUT2D eigenvalue weighted by molar-refractivity contribution is 7.92. The van der Waals surface area contributed by atoms with Gasteiger partial charge in [0, 0.05) is 24.8 Å². The predicted octanol–water partition coefficient (Wildman–Crippen LogP) is 2.68. The fraction of sp³-hybridized carbons (Fsp3) is 0.278. The van der Waals surface area contributed by atoms with E-state index in [1.165, 1.54) is 10.6 Å². The summed E-state index contributed by atoms with van der Waals surface area (Å²) in [4.78, 5) is 14.3. The smallest absolute Gasteiger partial charge is 0.258 e. The van der Waals surface area contributed by atoms with Crippen LogP contribution in [0.15, 0.2) is 48.5 Å². The topological polar surface area (TPSA) is 57.7 Å². The van der Waals surface area contributed by atoms with Crippen LogP contribution in [0.3, 0.4) is 0 Å². The fourth-order valence-electron chi connectivity index (χ4n) is 3.00. The number of hydrogen-bond donors (Lipinski definition) is 0. The highest BCUT2D eigenvalue weighted by Crippen LogP contribution is 2.30. The minimum atomic E-state index is -3.29. The Balaban J connectivity index is 1.93. The van der Waals surface area contributed by atoms with E-state index >= 15 is 0 Å². The summed E-state index contributed by atoms with van der Waals surface area (Å²) in [6, 6.07) is 14.7. The van der Waals surface area contributed by atoms with Gasteiger partial charge in [0.1, 0.15) is 0 Å². The van der Waals surface area contributed by atoms with Crippen LogP contribution in [0.4, 0.5) is 11.4 Å². The number of anilines is 2. The molecule has 1 aliphatic heterocycles. The lowest BCUT2D eigenvalue weighted by atomic mass is 10.00. The van der Waals surface area contributed by atoms with E-state index in [4.69, 9.17) is 0 Å². The molecule has 0 radical (unpaired) electrons. The molecule has 6 heteroatoms. The molecule has 0 aliphatic carbocycles. The minimum Gasteiger partial charge on any atom is -0.311 e. The standard InChI is InChI=1S/C18H20N2O3S/c1-19(16-8-4-3-5-9-16)18(21)15-10-11-17-14(13-15)7-6-12-20(17)24(2,22)23/h3-5,8-11,13H,6-7,12H2,1-2H3. The van der Waals surface area contributed by atoms with Crippen LogP contribution < -0.4 is 9.21 Å². The van der Waals surface area contributed by atoms with Crippen LogP contribution >= 0.6 is 0 Å². The van der Waals surface area contributed by atoms with Crippen LogP contribution in [0, 0.1) is 0 Å². The molecule has 0 saturated carbocycles. The Hall–Kier alpha value is -2.34. The molecule has 1 heterocycles. The summed E-state index contributed by atoms with van der Waals surface area (Å²) in [6.45, 7) is 0.489. The molecule has 0 aromatic heterocycles. The summed E-state index contributed by atoms with van der Waals surface area (Å²) in [5.41, 5.74) is 2.97. The van der Waals surface area contributed by atoms with Gasteiger partial charge in [0.05, 0.1) is 11.9 Å². The Morgan fingerprint density at radius 2 is 1.83 bits per heavy atom. The third-order valence-electron chi connectivity index (χ3n) is 4.25. The number of rotatable bonds is 3. The first-order chi connectivity index (χ1) is 11.4. The maximum atomic E-state index is 12.7. The first-order valence-corrected chi connectivity index (χ1v) is 9.66. The van der Waals surface area contributed by atoms with Gasteiger partial charge in [0.25, 0.3) is 5.91 Å². The van der Waals surface area contributed by atoms with Crippen molar-refractivity contribution in [3.05, 3.63) is 59.7 Å². The highest BCUT2D eigenvalue weighted by atomic mass is 32.2. The van der Waals surface area contributed by atoms with Crippen molar-refractivity contribution < 1.29 is 13.2 Å². The SMILES string of the molecule is CN(C(=O)c1ccc2c(c1)CCCN2S(C)(=O)=O)c1ccccc1. The second-order valence-corrected chi connectivity index (χ2v) is 7.89. The van der Waals surface area contributed by atoms with Gasteiger partial charge < -0.3 is 4.90 Å². The molecule has 0 atom stereocenters. The first-order valence-electron chi connectivity index (χ1n) is 7.81. The minimum absolute atomic E-state index is 0.111. The van der Waals surface area contributed by atoms with Crippen molar-refractivity contribution in [2.45, 2.75) is 12.8 Å². The predicted molar refractivity (Wildman–Crippen MR) is 96.1 cm³/mol. The third-order valence-corrected chi connectivity index (χ3v) is 5.43. The van der Waals surface area contributed by atoms with E-state index in [1.54, 1.807) is 24.1 Å². The van der Waals surface area contributed by atoms with Gasteiger partial charge in [-0.2, -0.15) is 0 Å². The molecule has 24 heavy (non-hydrogen) atoms. The average molecular weight is 344 g/mol. The summed E-state index contributed by atoms with van der Waals surface area (Å²) in [5, 5.41) is 0. The van der Waals surface area contributed by atoms with Gasteiger partial charge in [0.15, 0.2) is 0 Å². The molecule has 126 valence electrons. The molecule has 5 nitrogen and oxygen atoms in total. The normalized spacial score (nSPS) is 14.2. The van der Waals surface area contributed by atoms with Gasteiger partial charge in [-0.05, 0) is 48.7 Å².